The van der Waals surface area contributed by atoms with E-state index in [-0.39, 0.29) is 40.1 Å². The van der Waals surface area contributed by atoms with Crippen LogP contribution >= 0.6 is 0 Å². The molecule has 2 spiro atoms. The van der Waals surface area contributed by atoms with Gasteiger partial charge in [-0.1, -0.05) is 6.08 Å². The average Bonchev–Trinajstić information content (AvgIpc) is 3.25. The molecule has 6 heteroatoms. The molecule has 7 aliphatic rings. The van der Waals surface area contributed by atoms with Crippen molar-refractivity contribution in [1.82, 2.24) is 13.9 Å². The van der Waals surface area contributed by atoms with Crippen molar-refractivity contribution in [3.8, 4) is 0 Å². The highest BCUT2D eigenvalue weighted by Crippen LogP contribution is 3.03. The van der Waals surface area contributed by atoms with Crippen LogP contribution in [0.5, 0.6) is 0 Å². The van der Waals surface area contributed by atoms with Gasteiger partial charge in [0.2, 0.25) is 0 Å². The lowest BCUT2D eigenvalue weighted by Crippen LogP contribution is -2.55. The molecule has 1 aromatic heterocycles. The van der Waals surface area contributed by atoms with Crippen molar-refractivity contribution < 1.29 is 4.79 Å². The monoisotopic (exact) mass is 283 g/mol. The number of rotatable bonds is 0. The van der Waals surface area contributed by atoms with Crippen molar-refractivity contribution in [1.29, 1.82) is 0 Å². The minimum Gasteiger partial charge on any atom is -0.294 e. The molecule has 4 fully saturated rings. The maximum absolute atomic E-state index is 12.7. The average molecular weight is 283 g/mol. The molecule has 3 heterocycles. The minimum absolute atomic E-state index is 0.0365. The van der Waals surface area contributed by atoms with Crippen LogP contribution in [0.3, 0.4) is 0 Å². The molecule has 0 amide bonds. The number of nitrogens with zero attached hydrogens (tertiary/aromatic N) is 3. The molecule has 2 aliphatic heterocycles. The Kier molecular flexibility index (Phi) is 1.05. The summed E-state index contributed by atoms with van der Waals surface area (Å²) in [7, 11) is 1.55. The third-order valence-corrected chi connectivity index (χ3v) is 7.89. The van der Waals surface area contributed by atoms with Crippen LogP contribution in [0.2, 0.25) is 0 Å². The first-order valence-electron chi connectivity index (χ1n) is 7.71. The summed E-state index contributed by atoms with van der Waals surface area (Å²) in [4.78, 5) is 37.8. The molecule has 0 unspecified atom stereocenters. The number of hydrogen-bond acceptors (Lipinski definition) is 3. The Morgan fingerprint density at radius 1 is 1.05 bits per heavy atom. The minimum atomic E-state index is -0.339. The molecule has 0 N–H and O–H groups in total. The molecule has 4 saturated carbocycles. The molecular formula is C15H13N3O3. The van der Waals surface area contributed by atoms with E-state index in [0.29, 0.717) is 23.7 Å². The first-order valence-corrected chi connectivity index (χ1v) is 7.71. The maximum Gasteiger partial charge on any atom is 0.347 e. The standard InChI is InChI=1S/C15H13N3O3/c1-16-12(20)17-10-7-6-8(7)11(18(17)13(16)21)15-5(19)3-2-4-14(10,15)9(6)15/h2-3,6-11H,4H2,1H3/t6-,7-,8-,9+,10-,11-,14-,15+/m0/s1. The lowest BCUT2D eigenvalue weighted by atomic mass is 9.66. The fraction of sp³-hybridized carbons (Fsp3) is 0.667. The summed E-state index contributed by atoms with van der Waals surface area (Å²) in [5.74, 6) is 2.24. The quantitative estimate of drug-likeness (QED) is 0.642. The van der Waals surface area contributed by atoms with Crippen molar-refractivity contribution in [3.63, 3.8) is 0 Å². The Bertz CT molecular complexity index is 964. The first kappa shape index (κ1) is 9.97. The topological polar surface area (TPSA) is 66.0 Å². The molecular weight excluding hydrogens is 270 g/mol. The predicted octanol–water partition coefficient (Wildman–Crippen LogP) is -0.535. The molecule has 6 nitrogen and oxygen atoms in total. The van der Waals surface area contributed by atoms with Gasteiger partial charge in [0.05, 0.1) is 17.5 Å². The fourth-order valence-corrected chi connectivity index (χ4v) is 7.73. The summed E-state index contributed by atoms with van der Waals surface area (Å²) in [6.45, 7) is 0. The number of aromatic nitrogens is 3. The SMILES string of the molecule is Cn1c(=O)n2n(c1=O)[C@H]1[C@@H]3[C@@H]4[C@@H]3[C@@H]3[C@@]5(CC=CC(=O)[C@]135)[C@H]42. The number of ketones is 1. The van der Waals surface area contributed by atoms with E-state index in [1.807, 2.05) is 6.08 Å². The third-order valence-electron chi connectivity index (χ3n) is 7.89. The van der Waals surface area contributed by atoms with Gasteiger partial charge in [-0.2, -0.15) is 0 Å². The van der Waals surface area contributed by atoms with E-state index in [4.69, 9.17) is 0 Å². The van der Waals surface area contributed by atoms with Gasteiger partial charge in [-0.3, -0.25) is 4.79 Å². The van der Waals surface area contributed by atoms with Crippen LogP contribution in [0.15, 0.2) is 21.7 Å². The van der Waals surface area contributed by atoms with E-state index in [1.165, 1.54) is 4.57 Å². The Balaban J connectivity index is 1.70. The normalized spacial score (nSPS) is 58.2. The van der Waals surface area contributed by atoms with Gasteiger partial charge in [-0.25, -0.2) is 23.5 Å². The number of carbonyl (C=O) groups excluding carboxylic acids is 1. The number of carbonyl (C=O) groups is 1. The van der Waals surface area contributed by atoms with Crippen LogP contribution < -0.4 is 11.4 Å². The number of hydrogen-bond donors (Lipinski definition) is 0. The number of allylic oxidation sites excluding steroid dienone is 2. The molecule has 1 aromatic rings. The summed E-state index contributed by atoms with van der Waals surface area (Å²) in [6, 6.07) is 0.0270. The Hall–Kier alpha value is -1.85. The zero-order chi connectivity index (χ0) is 14.0. The summed E-state index contributed by atoms with van der Waals surface area (Å²) < 4.78 is 4.60. The molecule has 106 valence electrons. The zero-order valence-electron chi connectivity index (χ0n) is 11.4. The Morgan fingerprint density at radius 3 is 2.48 bits per heavy atom. The molecule has 0 saturated heterocycles. The molecule has 5 aliphatic carbocycles. The molecule has 0 aromatic carbocycles. The fourth-order valence-electron chi connectivity index (χ4n) is 7.73. The highest BCUT2D eigenvalue weighted by atomic mass is 16.2. The highest BCUT2D eigenvalue weighted by molar-refractivity contribution is 6.02. The second-order valence-corrected chi connectivity index (χ2v) is 7.79. The van der Waals surface area contributed by atoms with Crippen LogP contribution in [-0.4, -0.2) is 19.7 Å². The summed E-state index contributed by atoms with van der Waals surface area (Å²) >= 11 is 0. The predicted molar refractivity (Wildman–Crippen MR) is 69.6 cm³/mol. The summed E-state index contributed by atoms with van der Waals surface area (Å²) in [6.07, 6.45) is 4.63. The maximum atomic E-state index is 12.7. The van der Waals surface area contributed by atoms with Gasteiger partial charge in [-0.05, 0) is 36.2 Å². The van der Waals surface area contributed by atoms with Gasteiger partial charge in [0, 0.05) is 12.5 Å². The highest BCUT2D eigenvalue weighted by Gasteiger charge is 3.04. The smallest absolute Gasteiger partial charge is 0.294 e. The summed E-state index contributed by atoms with van der Waals surface area (Å²) in [5, 5.41) is 0. The third kappa shape index (κ3) is 0.557. The van der Waals surface area contributed by atoms with E-state index in [0.717, 1.165) is 6.42 Å². The zero-order valence-corrected chi connectivity index (χ0v) is 11.4. The molecule has 0 radical (unpaired) electrons. The van der Waals surface area contributed by atoms with E-state index in [2.05, 4.69) is 0 Å². The molecule has 8 atom stereocenters. The van der Waals surface area contributed by atoms with Crippen LogP contribution in [0, 0.1) is 34.5 Å². The lowest BCUT2D eigenvalue weighted by Gasteiger charge is -2.48. The van der Waals surface area contributed by atoms with Crippen LogP contribution in [-0.2, 0) is 11.8 Å². The van der Waals surface area contributed by atoms with E-state index in [1.54, 1.807) is 22.5 Å². The van der Waals surface area contributed by atoms with Crippen molar-refractivity contribution in [2.75, 3.05) is 0 Å². The molecule has 2 bridgehead atoms. The van der Waals surface area contributed by atoms with Crippen LogP contribution in [0.25, 0.3) is 0 Å². The second-order valence-electron chi connectivity index (χ2n) is 7.79. The van der Waals surface area contributed by atoms with Crippen molar-refractivity contribution >= 4 is 5.78 Å². The van der Waals surface area contributed by atoms with E-state index in [9.17, 15) is 14.4 Å². The Labute approximate surface area is 118 Å². The van der Waals surface area contributed by atoms with Gasteiger partial charge in [-0.15, -0.1) is 0 Å². The van der Waals surface area contributed by atoms with Gasteiger partial charge < -0.3 is 0 Å². The Morgan fingerprint density at radius 2 is 1.71 bits per heavy atom. The van der Waals surface area contributed by atoms with Gasteiger partial charge in [0.15, 0.2) is 5.78 Å². The summed E-state index contributed by atoms with van der Waals surface area (Å²) in [5.41, 5.74) is -0.812. The van der Waals surface area contributed by atoms with Crippen molar-refractivity contribution in [2.24, 2.45) is 41.5 Å². The van der Waals surface area contributed by atoms with Crippen LogP contribution in [0.4, 0.5) is 0 Å². The molecule has 21 heavy (non-hydrogen) atoms. The van der Waals surface area contributed by atoms with E-state index >= 15 is 0 Å². The second kappa shape index (κ2) is 2.21. The largest absolute Gasteiger partial charge is 0.347 e. The van der Waals surface area contributed by atoms with Gasteiger partial charge in [0.25, 0.3) is 0 Å². The van der Waals surface area contributed by atoms with Crippen molar-refractivity contribution in [3.05, 3.63) is 33.1 Å². The lowest BCUT2D eigenvalue weighted by molar-refractivity contribution is -0.129. The van der Waals surface area contributed by atoms with E-state index < -0.39 is 0 Å². The first-order chi connectivity index (χ1) is 10.1. The van der Waals surface area contributed by atoms with Crippen molar-refractivity contribution in [2.45, 2.75) is 18.5 Å². The van der Waals surface area contributed by atoms with Gasteiger partial charge >= 0.3 is 11.4 Å². The van der Waals surface area contributed by atoms with Gasteiger partial charge in [0.1, 0.15) is 0 Å². The molecule has 8 rings (SSSR count). The van der Waals surface area contributed by atoms with Crippen LogP contribution in [0.1, 0.15) is 18.5 Å².